The number of carbonyl (C=O) groups is 2. The van der Waals surface area contributed by atoms with Crippen molar-refractivity contribution in [3.63, 3.8) is 0 Å². The van der Waals surface area contributed by atoms with Crippen LogP contribution in [0.1, 0.15) is 51.9 Å². The van der Waals surface area contributed by atoms with Gasteiger partial charge in [-0.15, -0.1) is 0 Å². The Kier molecular flexibility index (Phi) is 7.30. The Labute approximate surface area is 115 Å². The summed E-state index contributed by atoms with van der Waals surface area (Å²) in [5, 5.41) is 14.2. The van der Waals surface area contributed by atoms with E-state index in [9.17, 15) is 9.59 Å². The van der Waals surface area contributed by atoms with Gasteiger partial charge in [-0.1, -0.05) is 32.6 Å². The summed E-state index contributed by atoms with van der Waals surface area (Å²) in [5.74, 6) is 0.194. The highest BCUT2D eigenvalue weighted by atomic mass is 16.4. The Morgan fingerprint density at radius 2 is 1.95 bits per heavy atom. The normalized spacial score (nSPS) is 17.1. The highest BCUT2D eigenvalue weighted by Gasteiger charge is 2.14. The van der Waals surface area contributed by atoms with E-state index in [1.165, 1.54) is 25.7 Å². The number of carbonyl (C=O) groups excluding carboxylic acids is 1. The largest absolute Gasteiger partial charge is 0.481 e. The first-order valence-corrected chi connectivity index (χ1v) is 7.31. The first-order valence-electron chi connectivity index (χ1n) is 7.31. The lowest BCUT2D eigenvalue weighted by Crippen LogP contribution is -2.38. The minimum absolute atomic E-state index is 0.139. The summed E-state index contributed by atoms with van der Waals surface area (Å²) in [4.78, 5) is 21.9. The molecule has 3 N–H and O–H groups in total. The van der Waals surface area contributed by atoms with Crippen LogP contribution < -0.4 is 10.6 Å². The molecule has 1 unspecified atom stereocenters. The van der Waals surface area contributed by atoms with Crippen molar-refractivity contribution >= 4 is 12.0 Å². The van der Waals surface area contributed by atoms with E-state index in [-0.39, 0.29) is 18.4 Å². The quantitative estimate of drug-likeness (QED) is 0.633. The van der Waals surface area contributed by atoms with Crippen molar-refractivity contribution in [1.82, 2.24) is 10.6 Å². The summed E-state index contributed by atoms with van der Waals surface area (Å²) in [7, 11) is 0. The minimum Gasteiger partial charge on any atom is -0.481 e. The van der Waals surface area contributed by atoms with Crippen LogP contribution in [0.3, 0.4) is 0 Å². The maximum absolute atomic E-state index is 11.5. The van der Waals surface area contributed by atoms with Crippen molar-refractivity contribution in [2.75, 3.05) is 13.1 Å². The number of hydrogen-bond acceptors (Lipinski definition) is 2. The van der Waals surface area contributed by atoms with Crippen molar-refractivity contribution in [1.29, 1.82) is 0 Å². The lowest BCUT2D eigenvalue weighted by molar-refractivity contribution is -0.137. The van der Waals surface area contributed by atoms with Gasteiger partial charge in [0.15, 0.2) is 0 Å². The number of nitrogens with one attached hydrogen (secondary N) is 2. The molecule has 0 spiro atoms. The molecular formula is C14H26N2O3. The first kappa shape index (κ1) is 15.8. The van der Waals surface area contributed by atoms with Gasteiger partial charge in [0.05, 0.1) is 0 Å². The van der Waals surface area contributed by atoms with Crippen LogP contribution >= 0.6 is 0 Å². The molecule has 0 bridgehead atoms. The topological polar surface area (TPSA) is 78.4 Å². The Bertz CT molecular complexity index is 288. The van der Waals surface area contributed by atoms with Gasteiger partial charge < -0.3 is 15.7 Å². The minimum atomic E-state index is -0.784. The van der Waals surface area contributed by atoms with Crippen LogP contribution in [0.2, 0.25) is 0 Å². The molecule has 1 fully saturated rings. The van der Waals surface area contributed by atoms with Crippen LogP contribution in [0.25, 0.3) is 0 Å². The fourth-order valence-corrected chi connectivity index (χ4v) is 2.49. The van der Waals surface area contributed by atoms with E-state index >= 15 is 0 Å². The van der Waals surface area contributed by atoms with Crippen LogP contribution in [0, 0.1) is 11.8 Å². The smallest absolute Gasteiger partial charge is 0.314 e. The summed E-state index contributed by atoms with van der Waals surface area (Å²) < 4.78 is 0. The molecule has 0 saturated heterocycles. The maximum Gasteiger partial charge on any atom is 0.314 e. The molecule has 0 aliphatic heterocycles. The fraction of sp³-hybridized carbons (Fsp3) is 0.857. The summed E-state index contributed by atoms with van der Waals surface area (Å²) in [6.07, 6.45) is 7.09. The van der Waals surface area contributed by atoms with Gasteiger partial charge in [0, 0.05) is 19.5 Å². The molecule has 19 heavy (non-hydrogen) atoms. The van der Waals surface area contributed by atoms with Crippen molar-refractivity contribution < 1.29 is 14.7 Å². The monoisotopic (exact) mass is 270 g/mol. The predicted octanol–water partition coefficient (Wildman–Crippen LogP) is 2.37. The number of rotatable bonds is 8. The Morgan fingerprint density at radius 3 is 2.58 bits per heavy atom. The second-order valence-corrected chi connectivity index (χ2v) is 5.61. The third-order valence-corrected chi connectivity index (χ3v) is 3.77. The Balaban J connectivity index is 1.98. The third kappa shape index (κ3) is 7.70. The van der Waals surface area contributed by atoms with E-state index in [0.29, 0.717) is 13.0 Å². The van der Waals surface area contributed by atoms with E-state index in [0.717, 1.165) is 18.9 Å². The molecule has 5 heteroatoms. The molecule has 1 aliphatic rings. The number of urea groups is 1. The van der Waals surface area contributed by atoms with Crippen LogP contribution in [0.5, 0.6) is 0 Å². The van der Waals surface area contributed by atoms with Gasteiger partial charge >= 0.3 is 12.0 Å². The van der Waals surface area contributed by atoms with Crippen molar-refractivity contribution in [2.45, 2.75) is 51.9 Å². The Morgan fingerprint density at radius 1 is 1.26 bits per heavy atom. The highest BCUT2D eigenvalue weighted by molar-refractivity contribution is 5.73. The van der Waals surface area contributed by atoms with Gasteiger partial charge in [-0.05, 0) is 24.7 Å². The van der Waals surface area contributed by atoms with E-state index in [1.54, 1.807) is 0 Å². The molecule has 1 saturated carbocycles. The zero-order valence-electron chi connectivity index (χ0n) is 11.8. The molecule has 0 aromatic carbocycles. The summed E-state index contributed by atoms with van der Waals surface area (Å²) in [5.41, 5.74) is 0. The number of hydrogen-bond donors (Lipinski definition) is 3. The second-order valence-electron chi connectivity index (χ2n) is 5.61. The van der Waals surface area contributed by atoms with Crippen LogP contribution in [-0.2, 0) is 4.79 Å². The van der Waals surface area contributed by atoms with Gasteiger partial charge in [-0.3, -0.25) is 4.79 Å². The average Bonchev–Trinajstić information content (AvgIpc) is 2.87. The molecule has 0 aromatic rings. The summed E-state index contributed by atoms with van der Waals surface area (Å²) >= 11 is 0. The molecule has 5 nitrogen and oxygen atoms in total. The van der Waals surface area contributed by atoms with Gasteiger partial charge in [-0.2, -0.15) is 0 Å². The maximum atomic E-state index is 11.5. The first-order chi connectivity index (χ1) is 9.08. The summed E-state index contributed by atoms with van der Waals surface area (Å²) in [6.45, 7) is 3.21. The molecular weight excluding hydrogens is 244 g/mol. The number of amides is 2. The number of carboxylic acids is 1. The lowest BCUT2D eigenvalue weighted by Gasteiger charge is -2.13. The van der Waals surface area contributed by atoms with Crippen molar-refractivity contribution in [3.05, 3.63) is 0 Å². The standard InChI is InChI=1S/C14H26N2O3/c1-11(6-7-13(17)18)10-16-14(19)15-9-8-12-4-2-3-5-12/h11-12H,2-10H2,1H3,(H,17,18)(H2,15,16,19). The molecule has 110 valence electrons. The van der Waals surface area contributed by atoms with Crippen molar-refractivity contribution in [3.8, 4) is 0 Å². The second kappa shape index (κ2) is 8.77. The molecule has 1 rings (SSSR count). The zero-order valence-corrected chi connectivity index (χ0v) is 11.8. The van der Waals surface area contributed by atoms with Gasteiger partial charge in [0.1, 0.15) is 0 Å². The summed E-state index contributed by atoms with van der Waals surface area (Å²) in [6, 6.07) is -0.139. The van der Waals surface area contributed by atoms with E-state index in [1.807, 2.05) is 6.92 Å². The van der Waals surface area contributed by atoms with Crippen LogP contribution in [0.15, 0.2) is 0 Å². The van der Waals surface area contributed by atoms with Gasteiger partial charge in [-0.25, -0.2) is 4.79 Å². The van der Waals surface area contributed by atoms with Crippen molar-refractivity contribution in [2.24, 2.45) is 11.8 Å². The molecule has 1 atom stereocenters. The van der Waals surface area contributed by atoms with Gasteiger partial charge in [0.2, 0.25) is 0 Å². The number of aliphatic carboxylic acids is 1. The van der Waals surface area contributed by atoms with Crippen LogP contribution in [-0.4, -0.2) is 30.2 Å². The third-order valence-electron chi connectivity index (χ3n) is 3.77. The predicted molar refractivity (Wildman–Crippen MR) is 74.0 cm³/mol. The molecule has 0 radical (unpaired) electrons. The zero-order chi connectivity index (χ0) is 14.1. The van der Waals surface area contributed by atoms with Crippen LogP contribution in [0.4, 0.5) is 4.79 Å². The highest BCUT2D eigenvalue weighted by Crippen LogP contribution is 2.26. The molecule has 1 aliphatic carbocycles. The Hall–Kier alpha value is -1.26. The van der Waals surface area contributed by atoms with E-state index < -0.39 is 5.97 Å². The number of carboxylic acid groups (broad SMARTS) is 1. The molecule has 0 heterocycles. The lowest BCUT2D eigenvalue weighted by atomic mass is 10.0. The van der Waals surface area contributed by atoms with Gasteiger partial charge in [0.25, 0.3) is 0 Å². The average molecular weight is 270 g/mol. The fourth-order valence-electron chi connectivity index (χ4n) is 2.49. The SMILES string of the molecule is CC(CCC(=O)O)CNC(=O)NCCC1CCCC1. The molecule has 0 aromatic heterocycles. The molecule has 2 amide bonds. The van der Waals surface area contributed by atoms with E-state index in [4.69, 9.17) is 5.11 Å². The van der Waals surface area contributed by atoms with E-state index in [2.05, 4.69) is 10.6 Å².